The Kier molecular flexibility index (Phi) is 7.04. The molecule has 0 aromatic heterocycles. The lowest BCUT2D eigenvalue weighted by Gasteiger charge is -2.23. The molecule has 0 aliphatic heterocycles. The summed E-state index contributed by atoms with van der Waals surface area (Å²) in [7, 11) is 0. The van der Waals surface area contributed by atoms with E-state index in [2.05, 4.69) is 25.2 Å². The summed E-state index contributed by atoms with van der Waals surface area (Å²) in [6.45, 7) is 6.30. The first-order valence-electron chi connectivity index (χ1n) is 8.69. The van der Waals surface area contributed by atoms with Crippen molar-refractivity contribution >= 4 is 5.91 Å². The molecule has 0 saturated heterocycles. The summed E-state index contributed by atoms with van der Waals surface area (Å²) in [5.74, 6) is 0.944. The van der Waals surface area contributed by atoms with Gasteiger partial charge in [0.05, 0.1) is 24.3 Å². The van der Waals surface area contributed by atoms with Gasteiger partial charge in [-0.25, -0.2) is 0 Å². The van der Waals surface area contributed by atoms with E-state index in [-0.39, 0.29) is 24.5 Å². The number of amides is 1. The molecule has 0 saturated carbocycles. The van der Waals surface area contributed by atoms with Crippen LogP contribution in [-0.4, -0.2) is 19.1 Å². The Bertz CT molecular complexity index is 767. The summed E-state index contributed by atoms with van der Waals surface area (Å²) in [6, 6.07) is 16.7. The minimum Gasteiger partial charge on any atom is -0.490 e. The van der Waals surface area contributed by atoms with Gasteiger partial charge in [-0.2, -0.15) is 5.26 Å². The van der Waals surface area contributed by atoms with E-state index in [0.717, 1.165) is 5.56 Å². The SMILES string of the molecule is CCOc1cc(C#N)ccc1OCC(=O)NC(c1ccccc1)C(C)C. The van der Waals surface area contributed by atoms with Crippen molar-refractivity contribution in [1.82, 2.24) is 5.32 Å². The lowest BCUT2D eigenvalue weighted by atomic mass is 9.96. The molecule has 5 nitrogen and oxygen atoms in total. The third-order valence-corrected chi connectivity index (χ3v) is 3.87. The molecule has 0 bridgehead atoms. The zero-order chi connectivity index (χ0) is 18.9. The summed E-state index contributed by atoms with van der Waals surface area (Å²) in [4.78, 5) is 12.4. The van der Waals surface area contributed by atoms with Crippen molar-refractivity contribution in [3.05, 3.63) is 59.7 Å². The number of hydrogen-bond donors (Lipinski definition) is 1. The molecule has 5 heteroatoms. The molecule has 2 aromatic carbocycles. The van der Waals surface area contributed by atoms with Crippen molar-refractivity contribution in [1.29, 1.82) is 5.26 Å². The summed E-state index contributed by atoms with van der Waals surface area (Å²) in [6.07, 6.45) is 0. The minimum atomic E-state index is -0.209. The Labute approximate surface area is 154 Å². The number of hydrogen-bond acceptors (Lipinski definition) is 4. The van der Waals surface area contributed by atoms with Crippen molar-refractivity contribution in [2.75, 3.05) is 13.2 Å². The van der Waals surface area contributed by atoms with Crippen molar-refractivity contribution in [3.8, 4) is 17.6 Å². The zero-order valence-electron chi connectivity index (χ0n) is 15.4. The molecular formula is C21H24N2O3. The Balaban J connectivity index is 2.03. The fraction of sp³-hybridized carbons (Fsp3) is 0.333. The predicted octanol–water partition coefficient (Wildman–Crippen LogP) is 3.85. The van der Waals surface area contributed by atoms with Crippen LogP contribution in [-0.2, 0) is 4.79 Å². The fourth-order valence-electron chi connectivity index (χ4n) is 2.62. The Morgan fingerprint density at radius 3 is 2.46 bits per heavy atom. The molecule has 0 fully saturated rings. The van der Waals surface area contributed by atoms with Crippen LogP contribution in [0.15, 0.2) is 48.5 Å². The van der Waals surface area contributed by atoms with Crippen LogP contribution in [0.5, 0.6) is 11.5 Å². The molecule has 0 heterocycles. The smallest absolute Gasteiger partial charge is 0.258 e. The van der Waals surface area contributed by atoms with Crippen molar-refractivity contribution < 1.29 is 14.3 Å². The van der Waals surface area contributed by atoms with Crippen molar-refractivity contribution in [2.24, 2.45) is 5.92 Å². The van der Waals surface area contributed by atoms with E-state index in [1.165, 1.54) is 0 Å². The summed E-state index contributed by atoms with van der Waals surface area (Å²) in [5.41, 5.74) is 1.54. The van der Waals surface area contributed by atoms with Gasteiger partial charge in [-0.15, -0.1) is 0 Å². The van der Waals surface area contributed by atoms with Crippen LogP contribution < -0.4 is 14.8 Å². The fourth-order valence-corrected chi connectivity index (χ4v) is 2.62. The number of nitriles is 1. The second-order valence-electron chi connectivity index (χ2n) is 6.19. The lowest BCUT2D eigenvalue weighted by Crippen LogP contribution is -2.35. The van der Waals surface area contributed by atoms with E-state index in [9.17, 15) is 4.79 Å². The van der Waals surface area contributed by atoms with Gasteiger partial charge in [0.15, 0.2) is 18.1 Å². The van der Waals surface area contributed by atoms with E-state index in [1.807, 2.05) is 37.3 Å². The second kappa shape index (κ2) is 9.47. The van der Waals surface area contributed by atoms with Crippen LogP contribution in [0.3, 0.4) is 0 Å². The van der Waals surface area contributed by atoms with E-state index >= 15 is 0 Å². The van der Waals surface area contributed by atoms with Crippen LogP contribution in [0.1, 0.15) is 37.9 Å². The topological polar surface area (TPSA) is 71.3 Å². The average Bonchev–Trinajstić information content (AvgIpc) is 2.65. The maximum absolute atomic E-state index is 12.4. The van der Waals surface area contributed by atoms with Gasteiger partial charge >= 0.3 is 0 Å². The zero-order valence-corrected chi connectivity index (χ0v) is 15.4. The first-order chi connectivity index (χ1) is 12.5. The maximum atomic E-state index is 12.4. The van der Waals surface area contributed by atoms with Crippen LogP contribution >= 0.6 is 0 Å². The lowest BCUT2D eigenvalue weighted by molar-refractivity contribution is -0.124. The predicted molar refractivity (Wildman–Crippen MR) is 100.0 cm³/mol. The minimum absolute atomic E-state index is 0.0837. The van der Waals surface area contributed by atoms with Crippen molar-refractivity contribution in [2.45, 2.75) is 26.8 Å². The Morgan fingerprint density at radius 2 is 1.85 bits per heavy atom. The highest BCUT2D eigenvalue weighted by molar-refractivity contribution is 5.78. The average molecular weight is 352 g/mol. The van der Waals surface area contributed by atoms with Gasteiger partial charge in [-0.1, -0.05) is 44.2 Å². The van der Waals surface area contributed by atoms with Gasteiger partial charge in [0.2, 0.25) is 0 Å². The summed E-state index contributed by atoms with van der Waals surface area (Å²) >= 11 is 0. The molecule has 26 heavy (non-hydrogen) atoms. The molecule has 2 rings (SSSR count). The molecule has 1 atom stereocenters. The largest absolute Gasteiger partial charge is 0.490 e. The number of carbonyl (C=O) groups excluding carboxylic acids is 1. The molecule has 0 spiro atoms. The summed E-state index contributed by atoms with van der Waals surface area (Å²) < 4.78 is 11.1. The molecule has 0 aliphatic rings. The highest BCUT2D eigenvalue weighted by atomic mass is 16.5. The van der Waals surface area contributed by atoms with Crippen LogP contribution in [0.4, 0.5) is 0 Å². The van der Waals surface area contributed by atoms with Crippen LogP contribution in [0.25, 0.3) is 0 Å². The number of rotatable bonds is 8. The normalized spacial score (nSPS) is 11.5. The third-order valence-electron chi connectivity index (χ3n) is 3.87. The highest BCUT2D eigenvalue weighted by Crippen LogP contribution is 2.28. The molecule has 0 aliphatic carbocycles. The number of benzene rings is 2. The molecule has 2 aromatic rings. The molecule has 136 valence electrons. The van der Waals surface area contributed by atoms with E-state index in [0.29, 0.717) is 23.7 Å². The standard InChI is InChI=1S/C21H24N2O3/c1-4-25-19-12-16(13-22)10-11-18(19)26-14-20(24)23-21(15(2)3)17-8-6-5-7-9-17/h5-12,15,21H,4,14H2,1-3H3,(H,23,24). The van der Waals surface area contributed by atoms with E-state index in [1.54, 1.807) is 18.2 Å². The van der Waals surface area contributed by atoms with Crippen molar-refractivity contribution in [3.63, 3.8) is 0 Å². The number of nitrogens with one attached hydrogen (secondary N) is 1. The molecule has 1 amide bonds. The van der Waals surface area contributed by atoms with Gasteiger partial charge in [-0.05, 0) is 30.5 Å². The first-order valence-corrected chi connectivity index (χ1v) is 8.69. The Morgan fingerprint density at radius 1 is 1.12 bits per heavy atom. The molecular weight excluding hydrogens is 328 g/mol. The van der Waals surface area contributed by atoms with Gasteiger partial charge in [0.1, 0.15) is 0 Å². The maximum Gasteiger partial charge on any atom is 0.258 e. The van der Waals surface area contributed by atoms with Gasteiger partial charge in [-0.3, -0.25) is 4.79 Å². The van der Waals surface area contributed by atoms with Crippen LogP contribution in [0.2, 0.25) is 0 Å². The highest BCUT2D eigenvalue weighted by Gasteiger charge is 2.18. The number of nitrogens with zero attached hydrogens (tertiary/aromatic N) is 1. The van der Waals surface area contributed by atoms with E-state index < -0.39 is 0 Å². The number of ether oxygens (including phenoxy) is 2. The molecule has 1 N–H and O–H groups in total. The van der Waals surface area contributed by atoms with Crippen LogP contribution in [0, 0.1) is 17.2 Å². The second-order valence-corrected chi connectivity index (χ2v) is 6.19. The quantitative estimate of drug-likeness (QED) is 0.783. The molecule has 0 radical (unpaired) electrons. The van der Waals surface area contributed by atoms with Gasteiger partial charge in [0, 0.05) is 6.07 Å². The first kappa shape index (κ1) is 19.3. The molecule has 1 unspecified atom stereocenters. The number of carbonyl (C=O) groups is 1. The Hall–Kier alpha value is -3.00. The van der Waals surface area contributed by atoms with Gasteiger partial charge in [0.25, 0.3) is 5.91 Å². The third kappa shape index (κ3) is 5.25. The monoisotopic (exact) mass is 352 g/mol. The van der Waals surface area contributed by atoms with Gasteiger partial charge < -0.3 is 14.8 Å². The van der Waals surface area contributed by atoms with E-state index in [4.69, 9.17) is 14.7 Å². The summed E-state index contributed by atoms with van der Waals surface area (Å²) in [5, 5.41) is 12.0.